The second-order valence-corrected chi connectivity index (χ2v) is 7.13. The van der Waals surface area contributed by atoms with Gasteiger partial charge in [0.25, 0.3) is 5.56 Å². The average molecular weight is 405 g/mol. The van der Waals surface area contributed by atoms with Gasteiger partial charge in [-0.25, -0.2) is 4.68 Å². The Kier molecular flexibility index (Phi) is 6.07. The maximum atomic E-state index is 12.4. The van der Waals surface area contributed by atoms with Crippen LogP contribution in [0, 0.1) is 0 Å². The molecule has 4 rings (SSSR count). The van der Waals surface area contributed by atoms with Crippen molar-refractivity contribution in [3.8, 4) is 0 Å². The van der Waals surface area contributed by atoms with E-state index in [0.29, 0.717) is 17.4 Å². The Bertz CT molecular complexity index is 1210. The highest BCUT2D eigenvalue weighted by Crippen LogP contribution is 2.08. The lowest BCUT2D eigenvalue weighted by Gasteiger charge is -2.07. The van der Waals surface area contributed by atoms with Gasteiger partial charge in [-0.15, -0.1) is 15.3 Å². The molecule has 0 saturated carbocycles. The van der Waals surface area contributed by atoms with Gasteiger partial charge in [-0.1, -0.05) is 36.3 Å². The summed E-state index contributed by atoms with van der Waals surface area (Å²) in [5.74, 6) is 0.734. The molecule has 0 saturated heterocycles. The lowest BCUT2D eigenvalue weighted by Crippen LogP contribution is -2.34. The third kappa shape index (κ3) is 4.51. The van der Waals surface area contributed by atoms with E-state index in [-0.39, 0.29) is 18.0 Å². The lowest BCUT2D eigenvalue weighted by molar-refractivity contribution is -0.121. The molecule has 0 radical (unpaired) electrons. The fourth-order valence-corrected chi connectivity index (χ4v) is 3.37. The third-order valence-corrected chi connectivity index (χ3v) is 4.96. The number of nitrogens with one attached hydrogen (secondary N) is 1. The van der Waals surface area contributed by atoms with Crippen LogP contribution in [0.4, 0.5) is 0 Å². The summed E-state index contributed by atoms with van der Waals surface area (Å²) in [4.78, 5) is 24.5. The van der Waals surface area contributed by atoms with Crippen molar-refractivity contribution >= 4 is 22.5 Å². The first-order valence-electron chi connectivity index (χ1n) is 10.1. The van der Waals surface area contributed by atoms with Crippen LogP contribution in [0.5, 0.6) is 0 Å². The Morgan fingerprint density at radius 2 is 1.77 bits per heavy atom. The smallest absolute Gasteiger partial charge is 0.278 e. The van der Waals surface area contributed by atoms with Crippen LogP contribution in [0.25, 0.3) is 16.6 Å². The molecule has 3 aromatic heterocycles. The number of hydrogen-bond donors (Lipinski definition) is 1. The number of carbonyl (C=O) groups is 1. The Hall–Kier alpha value is -3.62. The zero-order valence-electron chi connectivity index (χ0n) is 16.6. The van der Waals surface area contributed by atoms with Gasteiger partial charge in [0.15, 0.2) is 5.65 Å². The van der Waals surface area contributed by atoms with Crippen LogP contribution in [0.2, 0.25) is 0 Å². The van der Waals surface area contributed by atoms with Crippen LogP contribution < -0.4 is 10.9 Å². The van der Waals surface area contributed by atoms with Gasteiger partial charge in [0.2, 0.25) is 5.91 Å². The molecule has 4 aromatic rings. The van der Waals surface area contributed by atoms with Gasteiger partial charge >= 0.3 is 0 Å². The Morgan fingerprint density at radius 1 is 0.933 bits per heavy atom. The summed E-state index contributed by atoms with van der Waals surface area (Å²) in [7, 11) is 0. The molecule has 1 aromatic carbocycles. The second kappa shape index (κ2) is 9.25. The number of benzene rings is 1. The van der Waals surface area contributed by atoms with Crippen molar-refractivity contribution in [3.05, 3.63) is 64.8 Å². The molecule has 0 spiro atoms. The monoisotopic (exact) mass is 405 g/mol. The SMILES string of the molecule is O=C(Cn1nnc2ccccc2c1=O)NCCCCCCc1nnc2ccccn12. The summed E-state index contributed by atoms with van der Waals surface area (Å²) in [6.07, 6.45) is 6.81. The zero-order chi connectivity index (χ0) is 20.8. The van der Waals surface area contributed by atoms with Crippen LogP contribution in [0.15, 0.2) is 53.5 Å². The summed E-state index contributed by atoms with van der Waals surface area (Å²) in [5.41, 5.74) is 1.08. The number of hydrogen-bond acceptors (Lipinski definition) is 6. The third-order valence-electron chi connectivity index (χ3n) is 4.96. The zero-order valence-corrected chi connectivity index (χ0v) is 16.6. The summed E-state index contributed by atoms with van der Waals surface area (Å²) < 4.78 is 3.11. The second-order valence-electron chi connectivity index (χ2n) is 7.13. The van der Waals surface area contributed by atoms with E-state index in [9.17, 15) is 9.59 Å². The quantitative estimate of drug-likeness (QED) is 0.425. The highest BCUT2D eigenvalue weighted by Gasteiger charge is 2.09. The molecular weight excluding hydrogens is 382 g/mol. The molecule has 154 valence electrons. The average Bonchev–Trinajstić information content (AvgIpc) is 3.18. The van der Waals surface area contributed by atoms with Gasteiger partial charge in [-0.05, 0) is 37.1 Å². The first kappa shape index (κ1) is 19.7. The number of carbonyl (C=O) groups excluding carboxylic acids is 1. The number of amides is 1. The molecule has 1 N–H and O–H groups in total. The molecule has 3 heterocycles. The van der Waals surface area contributed by atoms with E-state index in [4.69, 9.17) is 0 Å². The number of pyridine rings is 1. The number of rotatable bonds is 9. The van der Waals surface area contributed by atoms with E-state index in [0.717, 1.165) is 48.3 Å². The predicted molar refractivity (Wildman–Crippen MR) is 112 cm³/mol. The van der Waals surface area contributed by atoms with E-state index < -0.39 is 0 Å². The van der Waals surface area contributed by atoms with E-state index in [1.807, 2.05) is 28.8 Å². The number of nitrogens with zero attached hydrogens (tertiary/aromatic N) is 6. The summed E-state index contributed by atoms with van der Waals surface area (Å²) >= 11 is 0. The molecule has 0 aliphatic carbocycles. The van der Waals surface area contributed by atoms with Gasteiger partial charge in [0.1, 0.15) is 17.9 Å². The minimum absolute atomic E-state index is 0.128. The van der Waals surface area contributed by atoms with E-state index in [1.165, 1.54) is 0 Å². The minimum Gasteiger partial charge on any atom is -0.354 e. The highest BCUT2D eigenvalue weighted by atomic mass is 16.2. The fourth-order valence-electron chi connectivity index (χ4n) is 3.37. The van der Waals surface area contributed by atoms with Gasteiger partial charge in [0.05, 0.1) is 5.39 Å². The van der Waals surface area contributed by atoms with Crippen LogP contribution in [-0.2, 0) is 17.8 Å². The molecule has 0 atom stereocenters. The van der Waals surface area contributed by atoms with Crippen molar-refractivity contribution in [2.75, 3.05) is 6.54 Å². The maximum Gasteiger partial charge on any atom is 0.278 e. The molecule has 9 heteroatoms. The standard InChI is InChI=1S/C21H23N7O2/c29-20(15-28-21(30)16-9-4-5-10-17(16)23-26-28)22-13-7-2-1-3-11-18-24-25-19-12-6-8-14-27(18)19/h4-6,8-10,12,14H,1-3,7,11,13,15H2,(H,22,29). The minimum atomic E-state index is -0.309. The van der Waals surface area contributed by atoms with Crippen LogP contribution in [0.3, 0.4) is 0 Å². The predicted octanol–water partition coefficient (Wildman–Crippen LogP) is 1.75. The molecule has 30 heavy (non-hydrogen) atoms. The van der Waals surface area contributed by atoms with Crippen LogP contribution in [0.1, 0.15) is 31.5 Å². The Labute approximate surface area is 172 Å². The van der Waals surface area contributed by atoms with E-state index in [1.54, 1.807) is 24.3 Å². The fraction of sp³-hybridized carbons (Fsp3) is 0.333. The van der Waals surface area contributed by atoms with Crippen molar-refractivity contribution in [3.63, 3.8) is 0 Å². The van der Waals surface area contributed by atoms with Crippen molar-refractivity contribution in [1.82, 2.24) is 34.9 Å². The Balaban J connectivity index is 1.16. The summed E-state index contributed by atoms with van der Waals surface area (Å²) in [5, 5.41) is 19.5. The number of unbranched alkanes of at least 4 members (excludes halogenated alkanes) is 3. The molecule has 0 fully saturated rings. The first-order chi connectivity index (χ1) is 14.7. The van der Waals surface area contributed by atoms with Crippen LogP contribution >= 0.6 is 0 Å². The number of aryl methyl sites for hydroxylation is 1. The molecule has 0 aliphatic heterocycles. The number of aromatic nitrogens is 6. The van der Waals surface area contributed by atoms with E-state index >= 15 is 0 Å². The van der Waals surface area contributed by atoms with Crippen molar-refractivity contribution in [2.45, 2.75) is 38.6 Å². The Morgan fingerprint density at radius 3 is 2.70 bits per heavy atom. The molecule has 9 nitrogen and oxygen atoms in total. The first-order valence-corrected chi connectivity index (χ1v) is 10.1. The van der Waals surface area contributed by atoms with Crippen LogP contribution in [-0.4, -0.2) is 42.0 Å². The lowest BCUT2D eigenvalue weighted by atomic mass is 10.1. The summed E-state index contributed by atoms with van der Waals surface area (Å²) in [6, 6.07) is 12.8. The number of fused-ring (bicyclic) bond motifs is 2. The van der Waals surface area contributed by atoms with Crippen molar-refractivity contribution in [1.29, 1.82) is 0 Å². The van der Waals surface area contributed by atoms with Gasteiger partial charge in [-0.3, -0.25) is 14.0 Å². The van der Waals surface area contributed by atoms with Gasteiger partial charge in [-0.2, -0.15) is 0 Å². The maximum absolute atomic E-state index is 12.4. The van der Waals surface area contributed by atoms with Gasteiger partial charge in [0, 0.05) is 19.2 Å². The highest BCUT2D eigenvalue weighted by molar-refractivity contribution is 5.78. The molecule has 0 aliphatic rings. The molecule has 0 bridgehead atoms. The molecular formula is C21H23N7O2. The summed E-state index contributed by atoms with van der Waals surface area (Å²) in [6.45, 7) is 0.444. The largest absolute Gasteiger partial charge is 0.354 e. The van der Waals surface area contributed by atoms with Crippen molar-refractivity contribution < 1.29 is 4.79 Å². The normalized spacial score (nSPS) is 11.2. The van der Waals surface area contributed by atoms with E-state index in [2.05, 4.69) is 25.8 Å². The topological polar surface area (TPSA) is 107 Å². The van der Waals surface area contributed by atoms with Gasteiger partial charge < -0.3 is 5.32 Å². The van der Waals surface area contributed by atoms with Crippen molar-refractivity contribution in [2.24, 2.45) is 0 Å². The molecule has 0 unspecified atom stereocenters. The molecule has 1 amide bonds.